The van der Waals surface area contributed by atoms with Crippen LogP contribution in [0.15, 0.2) is 34.3 Å². The van der Waals surface area contributed by atoms with Crippen LogP contribution in [0.4, 0.5) is 0 Å². The fourth-order valence-corrected chi connectivity index (χ4v) is 2.97. The summed E-state index contributed by atoms with van der Waals surface area (Å²) in [6.07, 6.45) is 2.25. The standard InChI is InChI=1S/C14H16N4O2S/c1-10-6-11(16-20-10)8-18-9-12(15-17-18)7-14(2,19)13-4-3-5-21-13/h3-6,9,19H,7-8H2,1-2H3. The van der Waals surface area contributed by atoms with Crippen LogP contribution >= 0.6 is 11.3 Å². The van der Waals surface area contributed by atoms with E-state index in [4.69, 9.17) is 4.52 Å². The molecule has 6 nitrogen and oxygen atoms in total. The van der Waals surface area contributed by atoms with E-state index in [1.807, 2.05) is 36.7 Å². The zero-order valence-corrected chi connectivity index (χ0v) is 12.7. The first kappa shape index (κ1) is 14.0. The van der Waals surface area contributed by atoms with Gasteiger partial charge in [0.15, 0.2) is 0 Å². The van der Waals surface area contributed by atoms with Crippen LogP contribution in [0.2, 0.25) is 0 Å². The van der Waals surface area contributed by atoms with Gasteiger partial charge in [-0.15, -0.1) is 16.4 Å². The average Bonchev–Trinajstić information content (AvgIpc) is 3.12. The summed E-state index contributed by atoms with van der Waals surface area (Å²) in [4.78, 5) is 0.921. The Labute approximate surface area is 126 Å². The fraction of sp³-hybridized carbons (Fsp3) is 0.357. The third kappa shape index (κ3) is 3.20. The quantitative estimate of drug-likeness (QED) is 0.781. The molecule has 110 valence electrons. The first-order chi connectivity index (χ1) is 10.0. The van der Waals surface area contributed by atoms with Gasteiger partial charge in [-0.2, -0.15) is 0 Å². The third-order valence-corrected chi connectivity index (χ3v) is 4.29. The fourth-order valence-electron chi connectivity index (χ4n) is 2.18. The highest BCUT2D eigenvalue weighted by Crippen LogP contribution is 2.28. The number of rotatable bonds is 5. The molecule has 3 rings (SSSR count). The van der Waals surface area contributed by atoms with Crippen molar-refractivity contribution in [3.63, 3.8) is 0 Å². The van der Waals surface area contributed by atoms with E-state index in [0.717, 1.165) is 22.0 Å². The van der Waals surface area contributed by atoms with Crippen LogP contribution in [0.3, 0.4) is 0 Å². The van der Waals surface area contributed by atoms with E-state index >= 15 is 0 Å². The molecule has 3 aromatic heterocycles. The van der Waals surface area contributed by atoms with Gasteiger partial charge < -0.3 is 9.63 Å². The first-order valence-electron chi connectivity index (χ1n) is 6.60. The minimum atomic E-state index is -0.931. The molecule has 21 heavy (non-hydrogen) atoms. The minimum Gasteiger partial charge on any atom is -0.384 e. The van der Waals surface area contributed by atoms with E-state index in [0.29, 0.717) is 13.0 Å². The van der Waals surface area contributed by atoms with Gasteiger partial charge >= 0.3 is 0 Å². The van der Waals surface area contributed by atoms with E-state index in [1.165, 1.54) is 11.3 Å². The van der Waals surface area contributed by atoms with Crippen molar-refractivity contribution in [3.05, 3.63) is 51.8 Å². The van der Waals surface area contributed by atoms with Crippen molar-refractivity contribution in [1.29, 1.82) is 0 Å². The number of hydrogen-bond donors (Lipinski definition) is 1. The minimum absolute atomic E-state index is 0.422. The van der Waals surface area contributed by atoms with Crippen LogP contribution in [-0.4, -0.2) is 25.3 Å². The van der Waals surface area contributed by atoms with Crippen molar-refractivity contribution in [2.45, 2.75) is 32.4 Å². The van der Waals surface area contributed by atoms with Gasteiger partial charge in [0.1, 0.15) is 17.1 Å². The van der Waals surface area contributed by atoms with E-state index < -0.39 is 5.60 Å². The molecule has 0 spiro atoms. The summed E-state index contributed by atoms with van der Waals surface area (Å²) >= 11 is 1.53. The van der Waals surface area contributed by atoms with Gasteiger partial charge in [0, 0.05) is 23.6 Å². The molecule has 3 heterocycles. The van der Waals surface area contributed by atoms with Crippen molar-refractivity contribution < 1.29 is 9.63 Å². The smallest absolute Gasteiger partial charge is 0.133 e. The SMILES string of the molecule is Cc1cc(Cn2cc(CC(C)(O)c3cccs3)nn2)no1. The zero-order chi connectivity index (χ0) is 14.9. The van der Waals surface area contributed by atoms with Crippen molar-refractivity contribution in [1.82, 2.24) is 20.2 Å². The molecule has 0 radical (unpaired) electrons. The largest absolute Gasteiger partial charge is 0.384 e. The molecule has 1 N–H and O–H groups in total. The normalized spacial score (nSPS) is 14.2. The van der Waals surface area contributed by atoms with E-state index in [2.05, 4.69) is 15.5 Å². The highest BCUT2D eigenvalue weighted by atomic mass is 32.1. The van der Waals surface area contributed by atoms with Crippen molar-refractivity contribution in [3.8, 4) is 0 Å². The highest BCUT2D eigenvalue weighted by molar-refractivity contribution is 7.10. The number of aromatic nitrogens is 4. The van der Waals surface area contributed by atoms with Gasteiger partial charge in [-0.25, -0.2) is 4.68 Å². The maximum Gasteiger partial charge on any atom is 0.133 e. The maximum atomic E-state index is 10.5. The summed E-state index contributed by atoms with van der Waals surface area (Å²) in [6, 6.07) is 5.72. The van der Waals surface area contributed by atoms with Gasteiger partial charge in [0.25, 0.3) is 0 Å². The van der Waals surface area contributed by atoms with Gasteiger partial charge in [-0.1, -0.05) is 16.4 Å². The lowest BCUT2D eigenvalue weighted by atomic mass is 9.99. The van der Waals surface area contributed by atoms with E-state index in [1.54, 1.807) is 11.6 Å². The van der Waals surface area contributed by atoms with Crippen molar-refractivity contribution in [2.24, 2.45) is 0 Å². The van der Waals surface area contributed by atoms with Gasteiger partial charge in [0.2, 0.25) is 0 Å². The van der Waals surface area contributed by atoms with Gasteiger partial charge in [-0.05, 0) is 25.3 Å². The monoisotopic (exact) mass is 304 g/mol. The number of nitrogens with zero attached hydrogens (tertiary/aromatic N) is 4. The lowest BCUT2D eigenvalue weighted by Gasteiger charge is -2.20. The Morgan fingerprint density at radius 2 is 2.29 bits per heavy atom. The molecule has 0 aliphatic heterocycles. The Kier molecular flexibility index (Phi) is 3.60. The van der Waals surface area contributed by atoms with Crippen LogP contribution in [0.5, 0.6) is 0 Å². The Bertz CT molecular complexity index is 715. The topological polar surface area (TPSA) is 77.0 Å². The molecule has 0 fully saturated rings. The summed E-state index contributed by atoms with van der Waals surface area (Å²) in [5.74, 6) is 0.769. The van der Waals surface area contributed by atoms with Crippen LogP contribution in [0.25, 0.3) is 0 Å². The molecule has 0 aromatic carbocycles. The lowest BCUT2D eigenvalue weighted by Crippen LogP contribution is -2.23. The molecular formula is C14H16N4O2S. The summed E-state index contributed by atoms with van der Waals surface area (Å²) in [7, 11) is 0. The second-order valence-corrected chi connectivity index (χ2v) is 6.21. The molecule has 3 aromatic rings. The molecule has 1 atom stereocenters. The number of aryl methyl sites for hydroxylation is 1. The van der Waals surface area contributed by atoms with Crippen LogP contribution < -0.4 is 0 Å². The summed E-state index contributed by atoms with van der Waals surface area (Å²) < 4.78 is 6.71. The molecule has 0 saturated heterocycles. The Balaban J connectivity index is 1.70. The Morgan fingerprint density at radius 3 is 2.95 bits per heavy atom. The molecule has 0 bridgehead atoms. The Morgan fingerprint density at radius 1 is 1.43 bits per heavy atom. The lowest BCUT2D eigenvalue weighted by molar-refractivity contribution is 0.0604. The summed E-state index contributed by atoms with van der Waals surface area (Å²) in [6.45, 7) is 4.14. The van der Waals surface area contributed by atoms with E-state index in [9.17, 15) is 5.11 Å². The molecule has 0 aliphatic carbocycles. The summed E-state index contributed by atoms with van der Waals surface area (Å²) in [5.41, 5.74) is 0.613. The molecule has 0 saturated carbocycles. The summed E-state index contributed by atoms with van der Waals surface area (Å²) in [5, 5.41) is 24.6. The molecule has 0 aliphatic rings. The van der Waals surface area contributed by atoms with Crippen LogP contribution in [-0.2, 0) is 18.6 Å². The Hall–Kier alpha value is -1.99. The van der Waals surface area contributed by atoms with Crippen molar-refractivity contribution >= 4 is 11.3 Å². The average molecular weight is 304 g/mol. The second-order valence-electron chi connectivity index (χ2n) is 5.26. The van der Waals surface area contributed by atoms with Crippen LogP contribution in [0.1, 0.15) is 28.9 Å². The number of aliphatic hydroxyl groups is 1. The number of thiophene rings is 1. The zero-order valence-electron chi connectivity index (χ0n) is 11.9. The van der Waals surface area contributed by atoms with Crippen LogP contribution in [0, 0.1) is 6.92 Å². The van der Waals surface area contributed by atoms with E-state index in [-0.39, 0.29) is 0 Å². The van der Waals surface area contributed by atoms with Gasteiger partial charge in [0.05, 0.1) is 12.2 Å². The number of hydrogen-bond acceptors (Lipinski definition) is 6. The predicted molar refractivity (Wildman–Crippen MR) is 78.0 cm³/mol. The molecular weight excluding hydrogens is 288 g/mol. The second kappa shape index (κ2) is 5.42. The predicted octanol–water partition coefficient (Wildman–Crippen LogP) is 2.13. The molecule has 0 amide bonds. The molecule has 7 heteroatoms. The van der Waals surface area contributed by atoms with Gasteiger partial charge in [-0.3, -0.25) is 0 Å². The highest BCUT2D eigenvalue weighted by Gasteiger charge is 2.26. The maximum absolute atomic E-state index is 10.5. The third-order valence-electron chi connectivity index (χ3n) is 3.16. The first-order valence-corrected chi connectivity index (χ1v) is 7.48. The molecule has 1 unspecified atom stereocenters. The van der Waals surface area contributed by atoms with Crippen molar-refractivity contribution in [2.75, 3.05) is 0 Å².